The number of carbonyl (C=O) groups is 2. The molecule has 1 saturated carbocycles. The first-order chi connectivity index (χ1) is 20.1. The summed E-state index contributed by atoms with van der Waals surface area (Å²) in [6, 6.07) is 19.9. The Labute approximate surface area is 258 Å². The highest BCUT2D eigenvalue weighted by atomic mass is 35.5. The molecule has 0 radical (unpaired) electrons. The summed E-state index contributed by atoms with van der Waals surface area (Å²) in [5, 5.41) is 3.58. The van der Waals surface area contributed by atoms with Crippen LogP contribution in [0.2, 0.25) is 5.02 Å². The normalized spacial score (nSPS) is 14.7. The van der Waals surface area contributed by atoms with Crippen LogP contribution in [0.5, 0.6) is 0 Å². The van der Waals surface area contributed by atoms with Gasteiger partial charge in [-0.1, -0.05) is 66.8 Å². The van der Waals surface area contributed by atoms with Crippen LogP contribution in [0, 0.1) is 6.92 Å². The SMILES string of the molecule is CSc1ccc(S(=O)(=O)N(CC(=O)N(Cc2ccccc2Cl)C(C)C(=O)NC2CCCCC2)c2ccc(C)cc2)cc1. The van der Waals surface area contributed by atoms with Crippen LogP contribution < -0.4 is 9.62 Å². The zero-order valence-corrected chi connectivity index (χ0v) is 26.6. The molecule has 1 unspecified atom stereocenters. The van der Waals surface area contributed by atoms with Crippen molar-refractivity contribution in [2.75, 3.05) is 17.1 Å². The lowest BCUT2D eigenvalue weighted by atomic mass is 9.95. The zero-order chi connectivity index (χ0) is 30.3. The Morgan fingerprint density at radius 3 is 2.24 bits per heavy atom. The van der Waals surface area contributed by atoms with Gasteiger partial charge >= 0.3 is 0 Å². The molecule has 1 atom stereocenters. The molecule has 1 N–H and O–H groups in total. The summed E-state index contributed by atoms with van der Waals surface area (Å²) in [5.74, 6) is -0.772. The summed E-state index contributed by atoms with van der Waals surface area (Å²) in [5.41, 5.74) is 1.99. The van der Waals surface area contributed by atoms with E-state index >= 15 is 0 Å². The average Bonchev–Trinajstić information content (AvgIpc) is 3.00. The Balaban J connectivity index is 1.68. The minimum atomic E-state index is -4.12. The van der Waals surface area contributed by atoms with Gasteiger partial charge in [0.1, 0.15) is 12.6 Å². The number of sulfonamides is 1. The van der Waals surface area contributed by atoms with Crippen molar-refractivity contribution in [3.63, 3.8) is 0 Å². The van der Waals surface area contributed by atoms with E-state index in [1.807, 2.05) is 19.2 Å². The van der Waals surface area contributed by atoms with Gasteiger partial charge < -0.3 is 10.2 Å². The molecular weight excluding hydrogens is 590 g/mol. The fourth-order valence-corrected chi connectivity index (χ4v) is 7.09. The van der Waals surface area contributed by atoms with Crippen LogP contribution in [0.1, 0.15) is 50.2 Å². The van der Waals surface area contributed by atoms with E-state index in [1.54, 1.807) is 73.7 Å². The van der Waals surface area contributed by atoms with Gasteiger partial charge in [-0.15, -0.1) is 11.8 Å². The van der Waals surface area contributed by atoms with Crippen molar-refractivity contribution in [1.82, 2.24) is 10.2 Å². The smallest absolute Gasteiger partial charge is 0.264 e. The number of rotatable bonds is 11. The molecule has 4 rings (SSSR count). The number of amides is 2. The van der Waals surface area contributed by atoms with Gasteiger partial charge in [0.2, 0.25) is 11.8 Å². The van der Waals surface area contributed by atoms with E-state index in [4.69, 9.17) is 11.6 Å². The standard InChI is InChI=1S/C32H38ClN3O4S2/c1-23-13-15-27(16-14-23)36(42(39,40)29-19-17-28(41-3)18-20-29)22-31(37)35(21-25-9-7-8-12-30(25)33)24(2)32(38)34-26-10-5-4-6-11-26/h7-9,12-20,24,26H,4-6,10-11,21-22H2,1-3H3,(H,34,38). The van der Waals surface area contributed by atoms with Crippen molar-refractivity contribution < 1.29 is 18.0 Å². The van der Waals surface area contributed by atoms with Crippen molar-refractivity contribution in [1.29, 1.82) is 0 Å². The summed E-state index contributed by atoms with van der Waals surface area (Å²) in [6.07, 6.45) is 7.01. The molecule has 0 saturated heterocycles. The highest BCUT2D eigenvalue weighted by Crippen LogP contribution is 2.27. The molecule has 2 amide bonds. The van der Waals surface area contributed by atoms with Crippen LogP contribution in [0.3, 0.4) is 0 Å². The second kappa shape index (κ2) is 14.4. The molecule has 10 heteroatoms. The Hall–Kier alpha value is -3.01. The first-order valence-corrected chi connectivity index (χ1v) is 17.2. The fourth-order valence-electron chi connectivity index (χ4n) is 5.08. The molecule has 1 fully saturated rings. The number of carbonyl (C=O) groups excluding carboxylic acids is 2. The van der Waals surface area contributed by atoms with Gasteiger partial charge in [0.05, 0.1) is 10.6 Å². The Morgan fingerprint density at radius 2 is 1.62 bits per heavy atom. The second-order valence-electron chi connectivity index (χ2n) is 10.7. The Kier molecular flexibility index (Phi) is 11.0. The van der Waals surface area contributed by atoms with Crippen LogP contribution in [-0.4, -0.2) is 50.0 Å². The minimum Gasteiger partial charge on any atom is -0.352 e. The van der Waals surface area contributed by atoms with Gasteiger partial charge in [0, 0.05) is 22.5 Å². The maximum absolute atomic E-state index is 14.1. The van der Waals surface area contributed by atoms with Crippen molar-refractivity contribution in [2.45, 2.75) is 74.4 Å². The van der Waals surface area contributed by atoms with E-state index in [0.29, 0.717) is 16.3 Å². The summed E-state index contributed by atoms with van der Waals surface area (Å²) in [7, 11) is -4.12. The number of nitrogens with zero attached hydrogens (tertiary/aromatic N) is 2. The molecule has 0 spiro atoms. The summed E-state index contributed by atoms with van der Waals surface area (Å²) < 4.78 is 29.1. The molecule has 1 aliphatic rings. The molecule has 7 nitrogen and oxygen atoms in total. The average molecular weight is 628 g/mol. The highest BCUT2D eigenvalue weighted by molar-refractivity contribution is 7.98. The summed E-state index contributed by atoms with van der Waals surface area (Å²) in [4.78, 5) is 30.0. The number of halogens is 1. The van der Waals surface area contributed by atoms with E-state index in [0.717, 1.165) is 46.9 Å². The monoisotopic (exact) mass is 627 g/mol. The van der Waals surface area contributed by atoms with Gasteiger partial charge in [-0.3, -0.25) is 13.9 Å². The lowest BCUT2D eigenvalue weighted by Gasteiger charge is -2.33. The van der Waals surface area contributed by atoms with Crippen LogP contribution >= 0.6 is 23.4 Å². The number of hydrogen-bond acceptors (Lipinski definition) is 5. The predicted molar refractivity (Wildman–Crippen MR) is 170 cm³/mol. The maximum Gasteiger partial charge on any atom is 0.264 e. The molecule has 0 aliphatic heterocycles. The van der Waals surface area contributed by atoms with E-state index in [9.17, 15) is 18.0 Å². The predicted octanol–water partition coefficient (Wildman–Crippen LogP) is 6.43. The zero-order valence-electron chi connectivity index (χ0n) is 24.3. The van der Waals surface area contributed by atoms with Gasteiger partial charge in [-0.05, 0) is 81.0 Å². The first-order valence-electron chi connectivity index (χ1n) is 14.2. The van der Waals surface area contributed by atoms with Gasteiger partial charge in [-0.2, -0.15) is 0 Å². The van der Waals surface area contributed by atoms with Gasteiger partial charge in [0.25, 0.3) is 10.0 Å². The highest BCUT2D eigenvalue weighted by Gasteiger charge is 2.33. The molecular formula is C32H38ClN3O4S2. The number of aryl methyl sites for hydroxylation is 1. The maximum atomic E-state index is 14.1. The third kappa shape index (κ3) is 7.88. The molecule has 1 aliphatic carbocycles. The number of benzene rings is 3. The van der Waals surface area contributed by atoms with Crippen molar-refractivity contribution in [3.8, 4) is 0 Å². The van der Waals surface area contributed by atoms with Crippen LogP contribution in [0.25, 0.3) is 0 Å². The van der Waals surface area contributed by atoms with Crippen LogP contribution in [0.15, 0.2) is 82.6 Å². The fraction of sp³-hybridized carbons (Fsp3) is 0.375. The second-order valence-corrected chi connectivity index (χ2v) is 13.8. The number of anilines is 1. The summed E-state index contributed by atoms with van der Waals surface area (Å²) in [6.45, 7) is 3.16. The van der Waals surface area contributed by atoms with Gasteiger partial charge in [-0.25, -0.2) is 8.42 Å². The lowest BCUT2D eigenvalue weighted by Crippen LogP contribution is -2.53. The summed E-state index contributed by atoms with van der Waals surface area (Å²) >= 11 is 7.97. The topological polar surface area (TPSA) is 86.8 Å². The van der Waals surface area contributed by atoms with Gasteiger partial charge in [0.15, 0.2) is 0 Å². The third-order valence-corrected chi connectivity index (χ3v) is 10.6. The van der Waals surface area contributed by atoms with E-state index in [1.165, 1.54) is 16.7 Å². The number of thioether (sulfide) groups is 1. The first kappa shape index (κ1) is 31.9. The molecule has 0 aromatic heterocycles. The minimum absolute atomic E-state index is 0.0575. The molecule has 42 heavy (non-hydrogen) atoms. The molecule has 3 aromatic rings. The van der Waals surface area contributed by atoms with Crippen LogP contribution in [0.4, 0.5) is 5.69 Å². The van der Waals surface area contributed by atoms with Crippen molar-refractivity contribution >= 4 is 50.9 Å². The van der Waals surface area contributed by atoms with Crippen molar-refractivity contribution in [2.24, 2.45) is 0 Å². The van der Waals surface area contributed by atoms with E-state index in [2.05, 4.69) is 5.32 Å². The van der Waals surface area contributed by atoms with Crippen molar-refractivity contribution in [3.05, 3.63) is 88.9 Å². The third-order valence-electron chi connectivity index (χ3n) is 7.67. The Bertz CT molecular complexity index is 1470. The number of hydrogen-bond donors (Lipinski definition) is 1. The molecule has 224 valence electrons. The Morgan fingerprint density at radius 1 is 0.976 bits per heavy atom. The largest absolute Gasteiger partial charge is 0.352 e. The molecule has 0 heterocycles. The van der Waals surface area contributed by atoms with E-state index < -0.39 is 28.5 Å². The van der Waals surface area contributed by atoms with Crippen LogP contribution in [-0.2, 0) is 26.2 Å². The molecule has 3 aromatic carbocycles. The lowest BCUT2D eigenvalue weighted by molar-refractivity contribution is -0.139. The quantitative estimate of drug-likeness (QED) is 0.248. The van der Waals surface area contributed by atoms with E-state index in [-0.39, 0.29) is 23.4 Å². The molecule has 0 bridgehead atoms. The number of nitrogens with one attached hydrogen (secondary N) is 1.